The molecule has 0 spiro atoms. The zero-order chi connectivity index (χ0) is 10.8. The molecule has 0 fully saturated rings. The van der Waals surface area contributed by atoms with Crippen molar-refractivity contribution in [2.75, 3.05) is 0 Å². The highest BCUT2D eigenvalue weighted by Gasteiger charge is 2.31. The molecule has 0 bridgehead atoms. The van der Waals surface area contributed by atoms with Crippen LogP contribution in [0.3, 0.4) is 0 Å². The molecule has 0 unspecified atom stereocenters. The smallest absolute Gasteiger partial charge is 0.406 e. The minimum absolute atomic E-state index is 0.125. The molecule has 0 amide bonds. The van der Waals surface area contributed by atoms with Gasteiger partial charge in [-0.25, -0.2) is 4.39 Å². The number of rotatable bonds is 2. The Morgan fingerprint density at radius 3 is 2.36 bits per heavy atom. The third-order valence-corrected chi connectivity index (χ3v) is 1.43. The molecule has 5 heteroatoms. The van der Waals surface area contributed by atoms with Crippen molar-refractivity contribution in [3.8, 4) is 5.75 Å². The van der Waals surface area contributed by atoms with Gasteiger partial charge in [0.1, 0.15) is 11.6 Å². The molecule has 14 heavy (non-hydrogen) atoms. The third-order valence-electron chi connectivity index (χ3n) is 1.43. The lowest BCUT2D eigenvalue weighted by atomic mass is 10.2. The first-order valence-electron chi connectivity index (χ1n) is 3.60. The van der Waals surface area contributed by atoms with Crippen molar-refractivity contribution in [2.45, 2.75) is 6.36 Å². The predicted molar refractivity (Wildman–Crippen MR) is 43.2 cm³/mol. The van der Waals surface area contributed by atoms with Crippen LogP contribution in [0.1, 0.15) is 5.56 Å². The van der Waals surface area contributed by atoms with Gasteiger partial charge in [0.15, 0.2) is 0 Å². The first-order chi connectivity index (χ1) is 6.42. The number of ether oxygens (including phenoxy) is 1. The van der Waals surface area contributed by atoms with Gasteiger partial charge in [-0.3, -0.25) is 0 Å². The summed E-state index contributed by atoms with van der Waals surface area (Å²) in [5.74, 6) is -1.39. The minimum Gasteiger partial charge on any atom is -0.406 e. The lowest BCUT2D eigenvalue weighted by Crippen LogP contribution is -2.17. The van der Waals surface area contributed by atoms with Crippen LogP contribution in [-0.4, -0.2) is 6.36 Å². The number of halogens is 4. The maximum absolute atomic E-state index is 12.9. The summed E-state index contributed by atoms with van der Waals surface area (Å²) in [5.41, 5.74) is 0.125. The number of hydrogen-bond acceptors (Lipinski definition) is 1. The molecule has 0 radical (unpaired) electrons. The average molecular weight is 206 g/mol. The van der Waals surface area contributed by atoms with Gasteiger partial charge < -0.3 is 4.74 Å². The van der Waals surface area contributed by atoms with Crippen molar-refractivity contribution in [1.82, 2.24) is 0 Å². The van der Waals surface area contributed by atoms with Gasteiger partial charge in [0.2, 0.25) is 0 Å². The van der Waals surface area contributed by atoms with Crippen molar-refractivity contribution in [2.24, 2.45) is 0 Å². The van der Waals surface area contributed by atoms with E-state index in [1.165, 1.54) is 6.08 Å². The van der Waals surface area contributed by atoms with Crippen molar-refractivity contribution in [1.29, 1.82) is 0 Å². The van der Waals surface area contributed by atoms with E-state index in [2.05, 4.69) is 11.3 Å². The summed E-state index contributed by atoms with van der Waals surface area (Å²) in [6, 6.07) is 2.83. The standard InChI is InChI=1S/C9H6F4O/c1-2-6-3-4-7(5-8(6)10)14-9(11,12)13/h2-5H,1H2. The van der Waals surface area contributed by atoms with Crippen molar-refractivity contribution < 1.29 is 22.3 Å². The lowest BCUT2D eigenvalue weighted by molar-refractivity contribution is -0.274. The Balaban J connectivity index is 2.92. The van der Waals surface area contributed by atoms with Gasteiger partial charge >= 0.3 is 6.36 Å². The van der Waals surface area contributed by atoms with E-state index in [1.807, 2.05) is 0 Å². The number of hydrogen-bond donors (Lipinski definition) is 0. The Labute approximate surface area is 77.6 Å². The van der Waals surface area contributed by atoms with Crippen LogP contribution < -0.4 is 4.74 Å². The van der Waals surface area contributed by atoms with Gasteiger partial charge in [0, 0.05) is 11.6 Å². The molecule has 0 heterocycles. The van der Waals surface area contributed by atoms with E-state index in [0.29, 0.717) is 6.07 Å². The van der Waals surface area contributed by atoms with E-state index >= 15 is 0 Å². The normalized spacial score (nSPS) is 11.1. The number of alkyl halides is 3. The first-order valence-corrected chi connectivity index (χ1v) is 3.60. The average Bonchev–Trinajstić information content (AvgIpc) is 2.01. The summed E-state index contributed by atoms with van der Waals surface area (Å²) in [5, 5.41) is 0. The monoisotopic (exact) mass is 206 g/mol. The topological polar surface area (TPSA) is 9.23 Å². The Bertz CT molecular complexity index is 343. The second-order valence-corrected chi connectivity index (χ2v) is 2.44. The maximum Gasteiger partial charge on any atom is 0.573 e. The minimum atomic E-state index is -4.80. The molecule has 0 saturated carbocycles. The molecule has 0 aliphatic carbocycles. The van der Waals surface area contributed by atoms with Crippen molar-refractivity contribution in [3.05, 3.63) is 36.2 Å². The molecule has 0 aliphatic heterocycles. The summed E-state index contributed by atoms with van der Waals surface area (Å²) < 4.78 is 51.5. The second-order valence-electron chi connectivity index (χ2n) is 2.44. The molecule has 0 aromatic heterocycles. The Kier molecular flexibility index (Phi) is 2.78. The molecule has 0 aliphatic rings. The molecule has 0 atom stereocenters. The molecular formula is C9H6F4O. The highest BCUT2D eigenvalue weighted by molar-refractivity contribution is 5.49. The fraction of sp³-hybridized carbons (Fsp3) is 0.111. The van der Waals surface area contributed by atoms with E-state index in [9.17, 15) is 17.6 Å². The van der Waals surface area contributed by atoms with E-state index < -0.39 is 17.9 Å². The molecule has 0 N–H and O–H groups in total. The quantitative estimate of drug-likeness (QED) is 0.674. The fourth-order valence-corrected chi connectivity index (χ4v) is 0.871. The molecule has 76 valence electrons. The van der Waals surface area contributed by atoms with Gasteiger partial charge in [-0.15, -0.1) is 13.2 Å². The second kappa shape index (κ2) is 3.69. The van der Waals surface area contributed by atoms with E-state index in [4.69, 9.17) is 0 Å². The van der Waals surface area contributed by atoms with E-state index in [0.717, 1.165) is 12.1 Å². The lowest BCUT2D eigenvalue weighted by Gasteiger charge is -2.08. The Morgan fingerprint density at radius 2 is 1.93 bits per heavy atom. The fourth-order valence-electron chi connectivity index (χ4n) is 0.871. The predicted octanol–water partition coefficient (Wildman–Crippen LogP) is 3.37. The summed E-state index contributed by atoms with van der Waals surface area (Å²) in [4.78, 5) is 0. The number of benzene rings is 1. The SMILES string of the molecule is C=Cc1ccc(OC(F)(F)F)cc1F. The molecule has 1 aromatic rings. The van der Waals surface area contributed by atoms with Crippen molar-refractivity contribution >= 4 is 6.08 Å². The van der Waals surface area contributed by atoms with Crippen LogP contribution >= 0.6 is 0 Å². The summed E-state index contributed by atoms with van der Waals surface area (Å²) in [7, 11) is 0. The Hall–Kier alpha value is -1.52. The zero-order valence-corrected chi connectivity index (χ0v) is 6.94. The molecule has 1 rings (SSSR count). The summed E-state index contributed by atoms with van der Waals surface area (Å²) in [6.45, 7) is 3.29. The van der Waals surface area contributed by atoms with Crippen LogP contribution in [-0.2, 0) is 0 Å². The van der Waals surface area contributed by atoms with Crippen LogP contribution in [0.2, 0.25) is 0 Å². The van der Waals surface area contributed by atoms with Gasteiger partial charge in [-0.2, -0.15) is 0 Å². The first kappa shape index (κ1) is 10.6. The summed E-state index contributed by atoms with van der Waals surface area (Å²) >= 11 is 0. The van der Waals surface area contributed by atoms with Crippen molar-refractivity contribution in [3.63, 3.8) is 0 Å². The highest BCUT2D eigenvalue weighted by Crippen LogP contribution is 2.24. The van der Waals surface area contributed by atoms with Crippen LogP contribution in [0.5, 0.6) is 5.75 Å². The van der Waals surface area contributed by atoms with Gasteiger partial charge in [0.05, 0.1) is 0 Å². The zero-order valence-electron chi connectivity index (χ0n) is 6.94. The molecule has 1 aromatic carbocycles. The van der Waals surface area contributed by atoms with Gasteiger partial charge in [-0.05, 0) is 12.1 Å². The van der Waals surface area contributed by atoms with Crippen LogP contribution in [0.25, 0.3) is 6.08 Å². The van der Waals surface area contributed by atoms with Crippen LogP contribution in [0.4, 0.5) is 17.6 Å². The third kappa shape index (κ3) is 2.76. The van der Waals surface area contributed by atoms with Crippen LogP contribution in [0, 0.1) is 5.82 Å². The molecule has 1 nitrogen and oxygen atoms in total. The highest BCUT2D eigenvalue weighted by atomic mass is 19.4. The summed E-state index contributed by atoms with van der Waals surface area (Å²) in [6.07, 6.45) is -3.60. The van der Waals surface area contributed by atoms with Gasteiger partial charge in [-0.1, -0.05) is 12.7 Å². The maximum atomic E-state index is 12.9. The Morgan fingerprint density at radius 1 is 1.29 bits per heavy atom. The molecular weight excluding hydrogens is 200 g/mol. The van der Waals surface area contributed by atoms with Gasteiger partial charge in [0.25, 0.3) is 0 Å². The largest absolute Gasteiger partial charge is 0.573 e. The van der Waals surface area contributed by atoms with E-state index in [-0.39, 0.29) is 5.56 Å². The molecule has 0 saturated heterocycles. The van der Waals surface area contributed by atoms with Crippen LogP contribution in [0.15, 0.2) is 24.8 Å². The van der Waals surface area contributed by atoms with E-state index in [1.54, 1.807) is 0 Å².